The van der Waals surface area contributed by atoms with Crippen LogP contribution in [0, 0.1) is 0 Å². The van der Waals surface area contributed by atoms with Crippen LogP contribution in [0.5, 0.6) is 11.5 Å². The second-order valence-electron chi connectivity index (χ2n) is 8.16. The molecule has 0 aromatic heterocycles. The molecule has 0 radical (unpaired) electrons. The summed E-state index contributed by atoms with van der Waals surface area (Å²) in [6.07, 6.45) is 9.71. The molecule has 7 heteroatoms. The molecule has 1 amide bonds. The number of aryl methyl sites for hydroxylation is 1. The zero-order valence-electron chi connectivity index (χ0n) is 19.8. The van der Waals surface area contributed by atoms with Crippen LogP contribution in [0.3, 0.4) is 0 Å². The Labute approximate surface area is 201 Å². The molecule has 34 heavy (non-hydrogen) atoms. The third-order valence-corrected chi connectivity index (χ3v) is 5.50. The molecular formula is C27H35NO6. The standard InChI is InChI=1S/C20H19NO5.C6H12.CH4O/c22-13-18-11-15-2-1-3-17(10-15)25-16-7-4-14(5-8-16)6-9-19(23)21-12-20(24)26-18;1-2-4-6-5-3-1;1-2/h1-5,7-8,10,13,18H,6,9,11-12H2,(H,21,23);1-6H2;2H,1H3. The predicted molar refractivity (Wildman–Crippen MR) is 130 cm³/mol. The van der Waals surface area contributed by atoms with Crippen LogP contribution in [0.25, 0.3) is 0 Å². The lowest BCUT2D eigenvalue weighted by Gasteiger charge is -2.13. The van der Waals surface area contributed by atoms with Gasteiger partial charge in [0.2, 0.25) is 5.91 Å². The lowest BCUT2D eigenvalue weighted by Crippen LogP contribution is -2.33. The number of ether oxygens (including phenoxy) is 2. The van der Waals surface area contributed by atoms with Crippen molar-refractivity contribution in [3.8, 4) is 11.5 Å². The number of aldehydes is 1. The number of esters is 1. The van der Waals surface area contributed by atoms with Crippen molar-refractivity contribution in [2.24, 2.45) is 0 Å². The number of rotatable bonds is 1. The molecule has 7 nitrogen and oxygen atoms in total. The van der Waals surface area contributed by atoms with Gasteiger partial charge in [-0.2, -0.15) is 0 Å². The van der Waals surface area contributed by atoms with Crippen LogP contribution >= 0.6 is 0 Å². The number of fused-ring (bicyclic) bond motifs is 10. The highest BCUT2D eigenvalue weighted by Crippen LogP contribution is 2.24. The fraction of sp³-hybridized carbons (Fsp3) is 0.444. The molecule has 1 fully saturated rings. The number of hydrogen-bond donors (Lipinski definition) is 2. The van der Waals surface area contributed by atoms with Gasteiger partial charge >= 0.3 is 5.97 Å². The molecule has 2 N–H and O–H groups in total. The highest BCUT2D eigenvalue weighted by Gasteiger charge is 2.16. The topological polar surface area (TPSA) is 102 Å². The van der Waals surface area contributed by atoms with Gasteiger partial charge in [-0.15, -0.1) is 0 Å². The van der Waals surface area contributed by atoms with E-state index in [0.717, 1.165) is 18.2 Å². The van der Waals surface area contributed by atoms with E-state index in [-0.39, 0.29) is 25.3 Å². The molecule has 4 bridgehead atoms. The molecule has 3 aliphatic rings. The maximum absolute atomic E-state index is 11.8. The summed E-state index contributed by atoms with van der Waals surface area (Å²) in [5.41, 5.74) is 1.80. The Balaban J connectivity index is 0.000000437. The summed E-state index contributed by atoms with van der Waals surface area (Å²) in [5.74, 6) is 0.419. The van der Waals surface area contributed by atoms with Crippen molar-refractivity contribution >= 4 is 18.2 Å². The van der Waals surface area contributed by atoms with E-state index in [2.05, 4.69) is 5.32 Å². The largest absolute Gasteiger partial charge is 0.457 e. The summed E-state index contributed by atoms with van der Waals surface area (Å²) in [6.45, 7) is -0.259. The zero-order chi connectivity index (χ0) is 24.6. The maximum atomic E-state index is 11.8. The van der Waals surface area contributed by atoms with Crippen molar-refractivity contribution in [1.29, 1.82) is 0 Å². The summed E-state index contributed by atoms with van der Waals surface area (Å²) < 4.78 is 11.0. The number of amides is 1. The van der Waals surface area contributed by atoms with Crippen molar-refractivity contribution in [1.82, 2.24) is 5.32 Å². The van der Waals surface area contributed by atoms with Crippen molar-refractivity contribution < 1.29 is 29.0 Å². The monoisotopic (exact) mass is 469 g/mol. The third-order valence-electron chi connectivity index (χ3n) is 5.50. The van der Waals surface area contributed by atoms with Gasteiger partial charge in [0.1, 0.15) is 18.0 Å². The minimum absolute atomic E-state index is 0.235. The Morgan fingerprint density at radius 3 is 2.12 bits per heavy atom. The minimum Gasteiger partial charge on any atom is -0.457 e. The van der Waals surface area contributed by atoms with Crippen LogP contribution in [0.1, 0.15) is 56.1 Å². The zero-order valence-corrected chi connectivity index (χ0v) is 19.8. The summed E-state index contributed by atoms with van der Waals surface area (Å²) in [5, 5.41) is 9.51. The first kappa shape index (κ1) is 27.1. The summed E-state index contributed by atoms with van der Waals surface area (Å²) >= 11 is 0. The SMILES string of the molecule is C1CCCCC1.CO.O=CC1Cc2cccc(c2)Oc2ccc(cc2)CCC(=O)NCC(=O)O1. The van der Waals surface area contributed by atoms with Crippen molar-refractivity contribution in [2.45, 2.75) is 63.9 Å². The molecule has 0 spiro atoms. The van der Waals surface area contributed by atoms with Crippen LogP contribution in [0.2, 0.25) is 0 Å². The molecule has 5 rings (SSSR count). The van der Waals surface area contributed by atoms with Crippen molar-refractivity contribution in [3.05, 3.63) is 59.7 Å². The highest BCUT2D eigenvalue weighted by atomic mass is 16.5. The Hall–Kier alpha value is -3.19. The van der Waals surface area contributed by atoms with Gasteiger partial charge in [0.05, 0.1) is 0 Å². The molecular weight excluding hydrogens is 434 g/mol. The molecule has 1 aliphatic carbocycles. The third kappa shape index (κ3) is 10.2. The van der Waals surface area contributed by atoms with Crippen molar-refractivity contribution in [2.75, 3.05) is 13.7 Å². The van der Waals surface area contributed by atoms with Crippen LogP contribution in [0.15, 0.2) is 48.5 Å². The molecule has 2 aromatic rings. The van der Waals surface area contributed by atoms with Gasteiger partial charge in [0.15, 0.2) is 12.4 Å². The number of aliphatic hydroxyl groups is 1. The molecule has 184 valence electrons. The van der Waals surface area contributed by atoms with Crippen LogP contribution in [-0.2, 0) is 32.0 Å². The fourth-order valence-electron chi connectivity index (χ4n) is 3.73. The summed E-state index contributed by atoms with van der Waals surface area (Å²) in [6, 6.07) is 14.8. The van der Waals surface area contributed by atoms with Gasteiger partial charge < -0.3 is 19.9 Å². The average Bonchev–Trinajstić information content (AvgIpc) is 2.89. The Bertz CT molecular complexity index is 881. The van der Waals surface area contributed by atoms with Gasteiger partial charge in [-0.3, -0.25) is 14.4 Å². The lowest BCUT2D eigenvalue weighted by molar-refractivity contribution is -0.151. The van der Waals surface area contributed by atoms with Gasteiger partial charge in [-0.25, -0.2) is 0 Å². The number of hydrogen-bond acceptors (Lipinski definition) is 6. The van der Waals surface area contributed by atoms with E-state index in [1.54, 1.807) is 6.07 Å². The van der Waals surface area contributed by atoms with Gasteiger partial charge in [-0.1, -0.05) is 62.8 Å². The van der Waals surface area contributed by atoms with E-state index in [1.165, 1.54) is 38.5 Å². The molecule has 1 atom stereocenters. The number of carbonyl (C=O) groups excluding carboxylic acids is 3. The molecule has 2 aliphatic heterocycles. The fourth-order valence-corrected chi connectivity index (χ4v) is 3.73. The smallest absolute Gasteiger partial charge is 0.326 e. The quantitative estimate of drug-likeness (QED) is 0.481. The minimum atomic E-state index is -0.913. The predicted octanol–water partition coefficient (Wildman–Crippen LogP) is 4.14. The number of carbonyl (C=O) groups is 3. The number of aliphatic hydroxyl groups excluding tert-OH is 1. The number of nitrogens with one attached hydrogen (secondary N) is 1. The van der Waals surface area contributed by atoms with Crippen molar-refractivity contribution in [3.63, 3.8) is 0 Å². The van der Waals surface area contributed by atoms with E-state index in [9.17, 15) is 14.4 Å². The Kier molecular flexibility index (Phi) is 12.4. The first-order chi connectivity index (χ1) is 16.6. The highest BCUT2D eigenvalue weighted by molar-refractivity contribution is 5.82. The molecule has 1 saturated carbocycles. The molecule has 2 aromatic carbocycles. The van der Waals surface area contributed by atoms with Gasteiger partial charge in [-0.05, 0) is 41.8 Å². The van der Waals surface area contributed by atoms with E-state index in [1.807, 2.05) is 42.5 Å². The van der Waals surface area contributed by atoms with Gasteiger partial charge in [0, 0.05) is 20.0 Å². The molecule has 0 saturated heterocycles. The summed E-state index contributed by atoms with van der Waals surface area (Å²) in [4.78, 5) is 34.9. The van der Waals surface area contributed by atoms with E-state index in [0.29, 0.717) is 24.2 Å². The Morgan fingerprint density at radius 2 is 1.50 bits per heavy atom. The maximum Gasteiger partial charge on any atom is 0.326 e. The second-order valence-corrected chi connectivity index (χ2v) is 8.16. The summed E-state index contributed by atoms with van der Waals surface area (Å²) in [7, 11) is 1.00. The van der Waals surface area contributed by atoms with E-state index >= 15 is 0 Å². The van der Waals surface area contributed by atoms with E-state index < -0.39 is 12.1 Å². The number of benzene rings is 2. The Morgan fingerprint density at radius 1 is 0.853 bits per heavy atom. The molecule has 1 unspecified atom stereocenters. The van der Waals surface area contributed by atoms with Gasteiger partial charge in [0.25, 0.3) is 0 Å². The first-order valence-electron chi connectivity index (χ1n) is 11.8. The lowest BCUT2D eigenvalue weighted by atomic mass is 10.0. The van der Waals surface area contributed by atoms with Crippen LogP contribution < -0.4 is 10.1 Å². The average molecular weight is 470 g/mol. The molecule has 2 heterocycles. The van der Waals surface area contributed by atoms with Crippen LogP contribution in [-0.4, -0.2) is 43.0 Å². The normalized spacial score (nSPS) is 18.4. The van der Waals surface area contributed by atoms with Crippen LogP contribution in [0.4, 0.5) is 0 Å². The second kappa shape index (κ2) is 15.6. The van der Waals surface area contributed by atoms with E-state index in [4.69, 9.17) is 14.6 Å². The first-order valence-corrected chi connectivity index (χ1v) is 11.8.